The average Bonchev–Trinajstić information content (AvgIpc) is 2.36. The van der Waals surface area contributed by atoms with Crippen LogP contribution in [0.3, 0.4) is 0 Å². The Kier molecular flexibility index (Phi) is 1.94. The molecule has 0 aliphatic carbocycles. The molecular formula is C5H5F3N2. The van der Waals surface area contributed by atoms with Crippen LogP contribution < -0.4 is 0 Å². The van der Waals surface area contributed by atoms with Crippen molar-refractivity contribution < 1.29 is 13.2 Å². The quantitative estimate of drug-likeness (QED) is 0.682. The summed E-state index contributed by atoms with van der Waals surface area (Å²) in [4.78, 5) is 0. The van der Waals surface area contributed by atoms with E-state index in [0.717, 1.165) is 0 Å². The maximum Gasteiger partial charge on any atom is 0.275 e. The molecule has 1 heterocycles. The van der Waals surface area contributed by atoms with E-state index in [1.165, 1.54) is 12.3 Å². The molecular weight excluding hydrogens is 145 g/mol. The second kappa shape index (κ2) is 2.72. The highest BCUT2D eigenvalue weighted by atomic mass is 19.3. The predicted molar refractivity (Wildman–Crippen MR) is 28.4 cm³/mol. The van der Waals surface area contributed by atoms with Gasteiger partial charge in [0.15, 0.2) is 0 Å². The van der Waals surface area contributed by atoms with Crippen molar-refractivity contribution in [2.24, 2.45) is 0 Å². The van der Waals surface area contributed by atoms with Crippen LogP contribution in [-0.4, -0.2) is 16.6 Å². The highest BCUT2D eigenvalue weighted by Gasteiger charge is 2.22. The molecule has 0 aliphatic heterocycles. The molecule has 0 aromatic carbocycles. The van der Waals surface area contributed by atoms with Crippen molar-refractivity contribution in [3.05, 3.63) is 18.0 Å². The van der Waals surface area contributed by atoms with Gasteiger partial charge in [-0.3, -0.25) is 5.10 Å². The summed E-state index contributed by atoms with van der Waals surface area (Å²) in [5.41, 5.74) is -0.185. The molecule has 56 valence electrons. The molecule has 0 bridgehead atoms. The summed E-state index contributed by atoms with van der Waals surface area (Å²) in [5, 5.41) is 5.44. The second-order valence-electron chi connectivity index (χ2n) is 1.75. The molecule has 0 saturated carbocycles. The number of alkyl halides is 3. The molecule has 1 N–H and O–H groups in total. The lowest BCUT2D eigenvalue weighted by molar-refractivity contribution is 0.0472. The van der Waals surface area contributed by atoms with Gasteiger partial charge in [-0.25, -0.2) is 13.2 Å². The number of hydrogen-bond donors (Lipinski definition) is 1. The second-order valence-corrected chi connectivity index (χ2v) is 1.75. The minimum absolute atomic E-state index is 0.185. The molecule has 10 heavy (non-hydrogen) atoms. The molecule has 0 aliphatic rings. The van der Waals surface area contributed by atoms with Gasteiger partial charge in [0.05, 0.1) is 5.69 Å². The Bertz CT molecular complexity index is 185. The minimum Gasteiger partial charge on any atom is -0.279 e. The molecule has 1 rings (SSSR count). The molecule has 1 unspecified atom stereocenters. The van der Waals surface area contributed by atoms with Crippen molar-refractivity contribution in [2.45, 2.75) is 12.6 Å². The van der Waals surface area contributed by atoms with E-state index in [1.807, 2.05) is 0 Å². The number of nitrogens with one attached hydrogen (secondary N) is 1. The van der Waals surface area contributed by atoms with E-state index < -0.39 is 12.6 Å². The fraction of sp³-hybridized carbons (Fsp3) is 0.400. The molecule has 1 aromatic heterocycles. The van der Waals surface area contributed by atoms with Gasteiger partial charge in [0.2, 0.25) is 6.17 Å². The Morgan fingerprint density at radius 1 is 1.40 bits per heavy atom. The van der Waals surface area contributed by atoms with Crippen molar-refractivity contribution >= 4 is 0 Å². The monoisotopic (exact) mass is 150 g/mol. The summed E-state index contributed by atoms with van der Waals surface area (Å²) in [7, 11) is 0. The zero-order chi connectivity index (χ0) is 7.56. The van der Waals surface area contributed by atoms with Crippen LogP contribution in [0.15, 0.2) is 12.3 Å². The van der Waals surface area contributed by atoms with Crippen molar-refractivity contribution in [3.63, 3.8) is 0 Å². The molecule has 0 spiro atoms. The summed E-state index contributed by atoms with van der Waals surface area (Å²) >= 11 is 0. The van der Waals surface area contributed by atoms with Crippen LogP contribution >= 0.6 is 0 Å². The minimum atomic E-state index is -2.99. The smallest absolute Gasteiger partial charge is 0.275 e. The van der Waals surface area contributed by atoms with E-state index in [1.54, 1.807) is 0 Å². The molecule has 0 radical (unpaired) electrons. The predicted octanol–water partition coefficient (Wildman–Crippen LogP) is 1.69. The van der Waals surface area contributed by atoms with Crippen LogP contribution in [0.25, 0.3) is 0 Å². The van der Waals surface area contributed by atoms with E-state index >= 15 is 0 Å². The SMILES string of the molecule is FC(F)C(F)c1ccn[nH]1. The number of halogens is 3. The van der Waals surface area contributed by atoms with Crippen LogP contribution in [0.4, 0.5) is 13.2 Å². The lowest BCUT2D eigenvalue weighted by Gasteiger charge is -2.01. The summed E-state index contributed by atoms with van der Waals surface area (Å²) in [6.45, 7) is 0. The maximum absolute atomic E-state index is 12.3. The first kappa shape index (κ1) is 7.11. The standard InChI is InChI=1S/C5H5F3N2/c6-4(5(7)8)3-1-2-9-10-3/h1-2,4-5H,(H,9,10). The van der Waals surface area contributed by atoms with Crippen molar-refractivity contribution in [1.82, 2.24) is 10.2 Å². The van der Waals surface area contributed by atoms with E-state index in [4.69, 9.17) is 0 Å². The molecule has 0 fully saturated rings. The van der Waals surface area contributed by atoms with Crippen molar-refractivity contribution in [1.29, 1.82) is 0 Å². The Morgan fingerprint density at radius 2 is 2.10 bits per heavy atom. The largest absolute Gasteiger partial charge is 0.279 e. The highest BCUT2D eigenvalue weighted by molar-refractivity contribution is 5.02. The number of aromatic amines is 1. The van der Waals surface area contributed by atoms with Crippen molar-refractivity contribution in [3.8, 4) is 0 Å². The summed E-state index contributed by atoms with van der Waals surface area (Å²) in [6.07, 6.45) is -4.01. The third-order valence-electron chi connectivity index (χ3n) is 1.04. The first-order valence-electron chi connectivity index (χ1n) is 2.63. The molecule has 5 heteroatoms. The average molecular weight is 150 g/mol. The number of H-pyrrole nitrogens is 1. The van der Waals surface area contributed by atoms with Gasteiger partial charge < -0.3 is 0 Å². The summed E-state index contributed by atoms with van der Waals surface area (Å²) < 4.78 is 35.4. The lowest BCUT2D eigenvalue weighted by atomic mass is 10.3. The number of hydrogen-bond acceptors (Lipinski definition) is 1. The summed E-state index contributed by atoms with van der Waals surface area (Å²) in [6, 6.07) is 1.18. The first-order valence-corrected chi connectivity index (χ1v) is 2.63. The number of aromatic nitrogens is 2. The first-order chi connectivity index (χ1) is 4.72. The third-order valence-corrected chi connectivity index (χ3v) is 1.04. The van der Waals surface area contributed by atoms with Crippen LogP contribution in [0.5, 0.6) is 0 Å². The van der Waals surface area contributed by atoms with Gasteiger partial charge in [-0.05, 0) is 6.07 Å². The van der Waals surface area contributed by atoms with Gasteiger partial charge >= 0.3 is 0 Å². The Hall–Kier alpha value is -1.00. The number of rotatable bonds is 2. The van der Waals surface area contributed by atoms with E-state index in [2.05, 4.69) is 10.2 Å². The number of nitrogens with zero attached hydrogens (tertiary/aromatic N) is 1. The van der Waals surface area contributed by atoms with Crippen LogP contribution in [0, 0.1) is 0 Å². The Labute approximate surface area is 55.1 Å². The molecule has 0 amide bonds. The highest BCUT2D eigenvalue weighted by Crippen LogP contribution is 2.21. The Morgan fingerprint density at radius 3 is 2.50 bits per heavy atom. The van der Waals surface area contributed by atoms with E-state index in [9.17, 15) is 13.2 Å². The molecule has 2 nitrogen and oxygen atoms in total. The fourth-order valence-electron chi connectivity index (χ4n) is 0.556. The lowest BCUT2D eigenvalue weighted by Crippen LogP contribution is -2.03. The zero-order valence-corrected chi connectivity index (χ0v) is 4.89. The van der Waals surface area contributed by atoms with Gasteiger partial charge in [0.1, 0.15) is 0 Å². The van der Waals surface area contributed by atoms with Crippen LogP contribution in [-0.2, 0) is 0 Å². The fourth-order valence-corrected chi connectivity index (χ4v) is 0.556. The third kappa shape index (κ3) is 1.29. The zero-order valence-electron chi connectivity index (χ0n) is 4.89. The molecule has 1 aromatic rings. The van der Waals surface area contributed by atoms with E-state index in [0.29, 0.717) is 0 Å². The van der Waals surface area contributed by atoms with Gasteiger partial charge in [0.25, 0.3) is 6.43 Å². The topological polar surface area (TPSA) is 28.7 Å². The summed E-state index contributed by atoms with van der Waals surface area (Å²) in [5.74, 6) is 0. The van der Waals surface area contributed by atoms with Gasteiger partial charge in [-0.2, -0.15) is 5.10 Å². The van der Waals surface area contributed by atoms with E-state index in [-0.39, 0.29) is 5.69 Å². The normalized spacial score (nSPS) is 14.0. The van der Waals surface area contributed by atoms with Crippen molar-refractivity contribution in [2.75, 3.05) is 0 Å². The van der Waals surface area contributed by atoms with Crippen LogP contribution in [0.1, 0.15) is 11.9 Å². The van der Waals surface area contributed by atoms with Gasteiger partial charge in [0, 0.05) is 6.20 Å². The van der Waals surface area contributed by atoms with Gasteiger partial charge in [-0.15, -0.1) is 0 Å². The maximum atomic E-state index is 12.3. The molecule has 1 atom stereocenters. The van der Waals surface area contributed by atoms with Crippen LogP contribution in [0.2, 0.25) is 0 Å². The molecule has 0 saturated heterocycles. The Balaban J connectivity index is 2.68. The van der Waals surface area contributed by atoms with Gasteiger partial charge in [-0.1, -0.05) is 0 Å².